The summed E-state index contributed by atoms with van der Waals surface area (Å²) < 4.78 is 18.5. The zero-order chi connectivity index (χ0) is 16.2. The number of halogens is 1. The zero-order valence-electron chi connectivity index (χ0n) is 13.6. The molecule has 22 heavy (non-hydrogen) atoms. The van der Waals surface area contributed by atoms with Gasteiger partial charge in [-0.1, -0.05) is 12.1 Å². The second kappa shape index (κ2) is 7.09. The highest BCUT2D eigenvalue weighted by molar-refractivity contribution is 5.68. The van der Waals surface area contributed by atoms with Crippen LogP contribution < -0.4 is 5.32 Å². The largest absolute Gasteiger partial charge is 0.444 e. The predicted octanol–water partition coefficient (Wildman–Crippen LogP) is 3.31. The Bertz CT molecular complexity index is 506. The highest BCUT2D eigenvalue weighted by Crippen LogP contribution is 2.16. The van der Waals surface area contributed by atoms with Crippen molar-refractivity contribution < 1.29 is 13.9 Å². The van der Waals surface area contributed by atoms with Gasteiger partial charge in [-0.2, -0.15) is 0 Å². The second-order valence-electron chi connectivity index (χ2n) is 6.75. The molecule has 122 valence electrons. The molecule has 0 radical (unpaired) electrons. The Labute approximate surface area is 131 Å². The molecular formula is C17H25FN2O2. The number of hydrogen-bond acceptors (Lipinski definition) is 3. The number of hydrogen-bond donors (Lipinski definition) is 1. The number of likely N-dealkylation sites (tertiary alicyclic amines) is 1. The van der Waals surface area contributed by atoms with Crippen molar-refractivity contribution in [3.63, 3.8) is 0 Å². The van der Waals surface area contributed by atoms with Gasteiger partial charge < -0.3 is 15.0 Å². The normalized spacial score (nSPS) is 16.6. The van der Waals surface area contributed by atoms with Crippen LogP contribution in [0.4, 0.5) is 9.18 Å². The third-order valence-corrected chi connectivity index (χ3v) is 3.63. The fraction of sp³-hybridized carbons (Fsp3) is 0.588. The summed E-state index contributed by atoms with van der Waals surface area (Å²) in [6.45, 7) is 7.65. The SMILES string of the molecule is CC(C)(C)OC(=O)N1CCC(NCc2cccc(F)c2)CC1. The van der Waals surface area contributed by atoms with Crippen LogP contribution in [0, 0.1) is 5.82 Å². The van der Waals surface area contributed by atoms with Gasteiger partial charge in [-0.25, -0.2) is 9.18 Å². The molecule has 2 rings (SSSR count). The summed E-state index contributed by atoms with van der Waals surface area (Å²) >= 11 is 0. The molecule has 0 atom stereocenters. The summed E-state index contributed by atoms with van der Waals surface area (Å²) in [7, 11) is 0. The summed E-state index contributed by atoms with van der Waals surface area (Å²) in [4.78, 5) is 13.7. The van der Waals surface area contributed by atoms with Gasteiger partial charge in [-0.3, -0.25) is 0 Å². The third-order valence-electron chi connectivity index (χ3n) is 3.63. The number of piperidine rings is 1. The number of carbonyl (C=O) groups is 1. The average molecular weight is 308 g/mol. The van der Waals surface area contributed by atoms with Gasteiger partial charge in [-0.05, 0) is 51.3 Å². The van der Waals surface area contributed by atoms with Crippen molar-refractivity contribution in [1.29, 1.82) is 0 Å². The van der Waals surface area contributed by atoms with E-state index in [-0.39, 0.29) is 11.9 Å². The first-order chi connectivity index (χ1) is 10.3. The number of benzene rings is 1. The standard InChI is InChI=1S/C17H25FN2O2/c1-17(2,3)22-16(21)20-9-7-15(8-10-20)19-12-13-5-4-6-14(18)11-13/h4-6,11,15,19H,7-10,12H2,1-3H3. The molecule has 1 aromatic rings. The smallest absolute Gasteiger partial charge is 0.410 e. The van der Waals surface area contributed by atoms with E-state index in [9.17, 15) is 9.18 Å². The molecule has 0 spiro atoms. The molecule has 5 heteroatoms. The molecule has 1 aliphatic heterocycles. The molecule has 0 saturated carbocycles. The van der Waals surface area contributed by atoms with Crippen LogP contribution in [-0.4, -0.2) is 35.7 Å². The minimum atomic E-state index is -0.455. The molecule has 0 aromatic heterocycles. The quantitative estimate of drug-likeness (QED) is 0.931. The van der Waals surface area contributed by atoms with Gasteiger partial charge in [0.1, 0.15) is 11.4 Å². The summed E-state index contributed by atoms with van der Waals surface area (Å²) in [6, 6.07) is 6.97. The van der Waals surface area contributed by atoms with Gasteiger partial charge in [0, 0.05) is 25.7 Å². The van der Waals surface area contributed by atoms with Crippen molar-refractivity contribution in [3.8, 4) is 0 Å². The van der Waals surface area contributed by atoms with Crippen molar-refractivity contribution in [2.75, 3.05) is 13.1 Å². The lowest BCUT2D eigenvalue weighted by Gasteiger charge is -2.33. The number of nitrogens with one attached hydrogen (secondary N) is 1. The Balaban J connectivity index is 1.74. The maximum Gasteiger partial charge on any atom is 0.410 e. The molecular weight excluding hydrogens is 283 g/mol. The van der Waals surface area contributed by atoms with Crippen LogP contribution in [0.3, 0.4) is 0 Å². The van der Waals surface area contributed by atoms with Crippen molar-refractivity contribution in [3.05, 3.63) is 35.6 Å². The van der Waals surface area contributed by atoms with Gasteiger partial charge in [0.2, 0.25) is 0 Å². The van der Waals surface area contributed by atoms with Crippen LogP contribution in [0.25, 0.3) is 0 Å². The molecule has 1 aliphatic rings. The van der Waals surface area contributed by atoms with Crippen molar-refractivity contribution in [2.45, 2.75) is 51.8 Å². The minimum Gasteiger partial charge on any atom is -0.444 e. The topological polar surface area (TPSA) is 41.6 Å². The van der Waals surface area contributed by atoms with Crippen LogP contribution >= 0.6 is 0 Å². The van der Waals surface area contributed by atoms with E-state index in [1.165, 1.54) is 6.07 Å². The van der Waals surface area contributed by atoms with E-state index >= 15 is 0 Å². The van der Waals surface area contributed by atoms with Crippen LogP contribution in [0.1, 0.15) is 39.2 Å². The van der Waals surface area contributed by atoms with Crippen LogP contribution in [-0.2, 0) is 11.3 Å². The van der Waals surface area contributed by atoms with Crippen LogP contribution in [0.5, 0.6) is 0 Å². The Kier molecular flexibility index (Phi) is 5.40. The number of amides is 1. The summed E-state index contributed by atoms with van der Waals surface area (Å²) in [5.74, 6) is -0.209. The van der Waals surface area contributed by atoms with Crippen molar-refractivity contribution in [2.24, 2.45) is 0 Å². The lowest BCUT2D eigenvalue weighted by atomic mass is 10.0. The first-order valence-electron chi connectivity index (χ1n) is 7.79. The van der Waals surface area contributed by atoms with Crippen LogP contribution in [0.15, 0.2) is 24.3 Å². The number of carbonyl (C=O) groups excluding carboxylic acids is 1. The number of nitrogens with zero attached hydrogens (tertiary/aromatic N) is 1. The monoisotopic (exact) mass is 308 g/mol. The van der Waals surface area contributed by atoms with Crippen molar-refractivity contribution in [1.82, 2.24) is 10.2 Å². The Hall–Kier alpha value is -1.62. The second-order valence-corrected chi connectivity index (χ2v) is 6.75. The van der Waals surface area contributed by atoms with E-state index in [4.69, 9.17) is 4.74 Å². The molecule has 1 fully saturated rings. The number of ether oxygens (including phenoxy) is 1. The molecule has 1 saturated heterocycles. The minimum absolute atomic E-state index is 0.209. The van der Waals surface area contributed by atoms with Gasteiger partial charge in [-0.15, -0.1) is 0 Å². The molecule has 1 amide bonds. The molecule has 0 aliphatic carbocycles. The zero-order valence-corrected chi connectivity index (χ0v) is 13.6. The maximum atomic E-state index is 13.1. The fourth-order valence-electron chi connectivity index (χ4n) is 2.50. The van der Waals surface area contributed by atoms with Crippen LogP contribution in [0.2, 0.25) is 0 Å². The third kappa shape index (κ3) is 5.30. The summed E-state index contributed by atoms with van der Waals surface area (Å²) in [5.41, 5.74) is 0.485. The Morgan fingerprint density at radius 1 is 1.36 bits per heavy atom. The summed E-state index contributed by atoms with van der Waals surface area (Å²) in [5, 5.41) is 3.43. The van der Waals surface area contributed by atoms with E-state index in [0.717, 1.165) is 18.4 Å². The Morgan fingerprint density at radius 3 is 2.64 bits per heavy atom. The first kappa shape index (κ1) is 16.7. The van der Waals surface area contributed by atoms with E-state index in [1.807, 2.05) is 26.8 Å². The fourth-order valence-corrected chi connectivity index (χ4v) is 2.50. The molecule has 1 N–H and O–H groups in total. The van der Waals surface area contributed by atoms with Gasteiger partial charge >= 0.3 is 6.09 Å². The van der Waals surface area contributed by atoms with E-state index in [0.29, 0.717) is 25.7 Å². The highest BCUT2D eigenvalue weighted by Gasteiger charge is 2.26. The lowest BCUT2D eigenvalue weighted by molar-refractivity contribution is 0.0198. The van der Waals surface area contributed by atoms with Gasteiger partial charge in [0.05, 0.1) is 0 Å². The molecule has 1 heterocycles. The highest BCUT2D eigenvalue weighted by atomic mass is 19.1. The van der Waals surface area contributed by atoms with E-state index in [2.05, 4.69) is 5.32 Å². The first-order valence-corrected chi connectivity index (χ1v) is 7.79. The Morgan fingerprint density at radius 2 is 2.05 bits per heavy atom. The van der Waals surface area contributed by atoms with E-state index in [1.54, 1.807) is 17.0 Å². The lowest BCUT2D eigenvalue weighted by Crippen LogP contribution is -2.46. The van der Waals surface area contributed by atoms with Crippen molar-refractivity contribution >= 4 is 6.09 Å². The van der Waals surface area contributed by atoms with Gasteiger partial charge in [0.25, 0.3) is 0 Å². The van der Waals surface area contributed by atoms with Gasteiger partial charge in [0.15, 0.2) is 0 Å². The summed E-state index contributed by atoms with van der Waals surface area (Å²) in [6.07, 6.45) is 1.53. The molecule has 4 nitrogen and oxygen atoms in total. The molecule has 0 bridgehead atoms. The average Bonchev–Trinajstić information content (AvgIpc) is 2.44. The predicted molar refractivity (Wildman–Crippen MR) is 84.1 cm³/mol. The molecule has 1 aromatic carbocycles. The molecule has 0 unspecified atom stereocenters. The van der Waals surface area contributed by atoms with E-state index < -0.39 is 5.60 Å². The number of rotatable bonds is 3. The maximum absolute atomic E-state index is 13.1.